The van der Waals surface area contributed by atoms with Gasteiger partial charge in [0.2, 0.25) is 0 Å². The average molecular weight is 700 g/mol. The molecule has 14 heteroatoms. The van der Waals surface area contributed by atoms with Gasteiger partial charge in [0.25, 0.3) is 0 Å². The number of nitrogens with two attached hydrogens (primary N) is 2. The van der Waals surface area contributed by atoms with Crippen molar-refractivity contribution >= 4 is 29.0 Å². The molecule has 0 aliphatic rings. The Morgan fingerprint density at radius 2 is 1.06 bits per heavy atom. The maximum atomic E-state index is 6.22. The zero-order chi connectivity index (χ0) is 34.9. The number of hydrogen-bond acceptors (Lipinski definition) is 12. The van der Waals surface area contributed by atoms with Gasteiger partial charge in [-0.05, 0) is 83.8 Å². The minimum Gasteiger partial charge on any atom is -0.377 e. The normalized spacial score (nSPS) is 13.1. The van der Waals surface area contributed by atoms with Crippen LogP contribution in [0, 0.1) is 0 Å². The summed E-state index contributed by atoms with van der Waals surface area (Å²) < 4.78 is 51.3. The third-order valence-corrected chi connectivity index (χ3v) is 13.0. The van der Waals surface area contributed by atoms with Crippen molar-refractivity contribution in [1.82, 2.24) is 0 Å². The van der Waals surface area contributed by atoms with E-state index in [0.29, 0.717) is 45.6 Å². The first-order chi connectivity index (χ1) is 22.8. The van der Waals surface area contributed by atoms with Crippen molar-refractivity contribution in [3.8, 4) is 0 Å². The first-order valence-corrected chi connectivity index (χ1v) is 20.4. The van der Waals surface area contributed by atoms with Crippen LogP contribution in [0.25, 0.3) is 0 Å². The van der Waals surface area contributed by atoms with E-state index in [-0.39, 0.29) is 0 Å². The summed E-state index contributed by atoms with van der Waals surface area (Å²) >= 11 is 0. The maximum absolute atomic E-state index is 6.22. The lowest BCUT2D eigenvalue weighted by molar-refractivity contribution is -0.460. The Morgan fingerprint density at radius 1 is 0.596 bits per heavy atom. The number of hydrogen-bond donors (Lipinski definition) is 2. The SMILES string of the molecule is CCO[Si](CCCN)(OCC)OCC.COC(OC)(OC)O[Si](CCCN(c1ccccc1)c1ccccc1)(OC)OCCCCN. The molecule has 2 aromatic carbocycles. The van der Waals surface area contributed by atoms with Gasteiger partial charge in [-0.1, -0.05) is 36.4 Å². The van der Waals surface area contributed by atoms with Crippen molar-refractivity contribution in [2.45, 2.75) is 64.7 Å². The molecule has 0 bridgehead atoms. The lowest BCUT2D eigenvalue weighted by Gasteiger charge is -2.37. The van der Waals surface area contributed by atoms with Gasteiger partial charge in [0.05, 0.1) is 0 Å². The van der Waals surface area contributed by atoms with Crippen molar-refractivity contribution < 1.29 is 40.8 Å². The molecular formula is C33H61N3O9Si2. The second kappa shape index (κ2) is 25.2. The van der Waals surface area contributed by atoms with Crippen LogP contribution in [0.5, 0.6) is 0 Å². The molecule has 0 amide bonds. The number of ether oxygens (including phenoxy) is 3. The quantitative estimate of drug-likeness (QED) is 0.0728. The largest absolute Gasteiger partial charge is 0.506 e. The molecule has 4 N–H and O–H groups in total. The summed E-state index contributed by atoms with van der Waals surface area (Å²) in [5.74, 6) is 0. The van der Waals surface area contributed by atoms with E-state index in [2.05, 4.69) is 29.2 Å². The summed E-state index contributed by atoms with van der Waals surface area (Å²) in [6.45, 7) is 10.2. The van der Waals surface area contributed by atoms with Gasteiger partial charge in [0.15, 0.2) is 0 Å². The summed E-state index contributed by atoms with van der Waals surface area (Å²) in [4.78, 5) is 2.26. The molecule has 2 aromatic rings. The van der Waals surface area contributed by atoms with Crippen LogP contribution in [-0.4, -0.2) is 98.3 Å². The first-order valence-electron chi connectivity index (χ1n) is 16.6. The molecule has 47 heavy (non-hydrogen) atoms. The highest BCUT2D eigenvalue weighted by Gasteiger charge is 2.50. The Kier molecular flexibility index (Phi) is 23.2. The van der Waals surface area contributed by atoms with Crippen molar-refractivity contribution in [3.05, 3.63) is 60.7 Å². The van der Waals surface area contributed by atoms with Crippen molar-refractivity contribution in [2.75, 3.05) is 79.4 Å². The zero-order valence-corrected chi connectivity index (χ0v) is 31.7. The number of methoxy groups -OCH3 is 3. The van der Waals surface area contributed by atoms with E-state index in [1.54, 1.807) is 7.11 Å². The van der Waals surface area contributed by atoms with E-state index in [1.807, 2.05) is 57.2 Å². The predicted octanol–water partition coefficient (Wildman–Crippen LogP) is 5.51. The van der Waals surface area contributed by atoms with Gasteiger partial charge in [-0.15, -0.1) is 0 Å². The van der Waals surface area contributed by atoms with E-state index in [9.17, 15) is 0 Å². The molecule has 12 nitrogen and oxygen atoms in total. The van der Waals surface area contributed by atoms with E-state index in [0.717, 1.165) is 49.6 Å². The molecule has 1 unspecified atom stereocenters. The number of para-hydroxylation sites is 2. The molecule has 0 aromatic heterocycles. The monoisotopic (exact) mass is 699 g/mol. The van der Waals surface area contributed by atoms with Crippen LogP contribution in [0.15, 0.2) is 60.7 Å². The van der Waals surface area contributed by atoms with Gasteiger partial charge in [0, 0.05) is 84.9 Å². The molecular weight excluding hydrogens is 639 g/mol. The smallest absolute Gasteiger partial charge is 0.377 e. The van der Waals surface area contributed by atoms with E-state index < -0.39 is 23.8 Å². The van der Waals surface area contributed by atoms with E-state index >= 15 is 0 Å². The lowest BCUT2D eigenvalue weighted by atomic mass is 10.2. The van der Waals surface area contributed by atoms with Gasteiger partial charge in [-0.25, -0.2) is 0 Å². The summed E-state index contributed by atoms with van der Waals surface area (Å²) in [6, 6.07) is 21.9. The molecule has 0 saturated carbocycles. The first kappa shape index (κ1) is 43.3. The standard InChI is InChI=1S/C24H38N2O6Si.C9H23NO3Si/c1-27-24(28-2,29-3)32-33(30-4,31-20-12-11-18-25)21-13-19-26(22-14-7-5-8-15-22)23-16-9-6-10-17-23;1-4-11-14(12-5-2,13-6-3)9-7-8-10/h5-10,14-17H,11-13,18-21,25H2,1-4H3;4-10H2,1-3H3. The lowest BCUT2D eigenvalue weighted by Crippen LogP contribution is -2.55. The Morgan fingerprint density at radius 3 is 1.47 bits per heavy atom. The van der Waals surface area contributed by atoms with Crippen LogP contribution in [-0.2, 0) is 40.8 Å². The van der Waals surface area contributed by atoms with Crippen LogP contribution in [0.1, 0.15) is 46.5 Å². The van der Waals surface area contributed by atoms with Gasteiger partial charge in [0.1, 0.15) is 0 Å². The van der Waals surface area contributed by atoms with Gasteiger partial charge >= 0.3 is 23.8 Å². The van der Waals surface area contributed by atoms with Crippen LogP contribution < -0.4 is 16.4 Å². The van der Waals surface area contributed by atoms with Crippen LogP contribution in [0.4, 0.5) is 11.4 Å². The summed E-state index contributed by atoms with van der Waals surface area (Å²) in [5.41, 5.74) is 13.3. The van der Waals surface area contributed by atoms with Gasteiger partial charge in [-0.2, -0.15) is 0 Å². The van der Waals surface area contributed by atoms with Crippen molar-refractivity contribution in [2.24, 2.45) is 11.5 Å². The fourth-order valence-corrected chi connectivity index (χ4v) is 9.82. The molecule has 0 aliphatic heterocycles. The van der Waals surface area contributed by atoms with Crippen LogP contribution >= 0.6 is 0 Å². The van der Waals surface area contributed by atoms with Crippen LogP contribution in [0.2, 0.25) is 12.1 Å². The summed E-state index contributed by atoms with van der Waals surface area (Å²) in [5, 5.41) is 0. The fourth-order valence-electron chi connectivity index (χ4n) is 4.79. The highest BCUT2D eigenvalue weighted by molar-refractivity contribution is 6.61. The Labute approximate surface area is 285 Å². The van der Waals surface area contributed by atoms with E-state index in [1.165, 1.54) is 21.3 Å². The van der Waals surface area contributed by atoms with E-state index in [4.69, 9.17) is 52.2 Å². The topological polar surface area (TPSA) is 138 Å². The molecule has 0 fully saturated rings. The van der Waals surface area contributed by atoms with Crippen LogP contribution in [0.3, 0.4) is 0 Å². The number of anilines is 2. The average Bonchev–Trinajstić information content (AvgIpc) is 3.11. The minimum absolute atomic E-state index is 0.464. The van der Waals surface area contributed by atoms with Crippen molar-refractivity contribution in [1.29, 1.82) is 0 Å². The summed E-state index contributed by atoms with van der Waals surface area (Å²) in [6.07, 6.45) is 1.60. The highest BCUT2D eigenvalue weighted by Crippen LogP contribution is 2.30. The molecule has 270 valence electrons. The fraction of sp³-hybridized carbons (Fsp3) is 0.636. The Hall–Kier alpha value is -1.77. The third kappa shape index (κ3) is 15.5. The number of unbranched alkanes of at least 4 members (excludes halogenated alkanes) is 1. The molecule has 0 aliphatic carbocycles. The number of benzene rings is 2. The zero-order valence-electron chi connectivity index (χ0n) is 29.7. The molecule has 0 heterocycles. The predicted molar refractivity (Wildman–Crippen MR) is 190 cm³/mol. The summed E-state index contributed by atoms with van der Waals surface area (Å²) in [7, 11) is 0.306. The van der Waals surface area contributed by atoms with Crippen molar-refractivity contribution in [3.63, 3.8) is 0 Å². The Bertz CT molecular complexity index is 949. The van der Waals surface area contributed by atoms with Gasteiger partial charge in [-0.3, -0.25) is 4.43 Å². The number of nitrogens with zero attached hydrogens (tertiary/aromatic N) is 1. The second-order valence-electron chi connectivity index (χ2n) is 10.2. The third-order valence-electron chi connectivity index (χ3n) is 7.04. The molecule has 0 saturated heterocycles. The Balaban J connectivity index is 0.000000663. The minimum atomic E-state index is -3.23. The molecule has 2 rings (SSSR count). The van der Waals surface area contributed by atoms with Gasteiger partial charge < -0.3 is 52.7 Å². The highest BCUT2D eigenvalue weighted by atomic mass is 28.4. The second-order valence-corrected chi connectivity index (χ2v) is 15.7. The number of rotatable bonds is 26. The maximum Gasteiger partial charge on any atom is 0.506 e. The molecule has 0 spiro atoms. The molecule has 1 atom stereocenters. The molecule has 0 radical (unpaired) electrons.